The molecule has 140 valence electrons. The number of methoxy groups -OCH3 is 1. The van der Waals surface area contributed by atoms with Crippen LogP contribution in [0.5, 0.6) is 5.75 Å². The lowest BCUT2D eigenvalue weighted by molar-refractivity contribution is 0.0599. The molecule has 0 aliphatic heterocycles. The molecule has 1 aromatic heterocycles. The van der Waals surface area contributed by atoms with Crippen LogP contribution in [-0.2, 0) is 4.74 Å². The van der Waals surface area contributed by atoms with Gasteiger partial charge in [-0.1, -0.05) is 0 Å². The highest BCUT2D eigenvalue weighted by Gasteiger charge is 2.25. The molecule has 26 heavy (non-hydrogen) atoms. The van der Waals surface area contributed by atoms with Gasteiger partial charge in [0.05, 0.1) is 36.7 Å². The van der Waals surface area contributed by atoms with Gasteiger partial charge in [-0.05, 0) is 45.4 Å². The van der Waals surface area contributed by atoms with Gasteiger partial charge >= 0.3 is 5.97 Å². The summed E-state index contributed by atoms with van der Waals surface area (Å²) in [6.45, 7) is 7.26. The molecule has 1 aromatic carbocycles. The van der Waals surface area contributed by atoms with Gasteiger partial charge in [-0.3, -0.25) is 4.79 Å². The molecular formula is C19H23FN2O4. The Morgan fingerprint density at radius 1 is 1.31 bits per heavy atom. The van der Waals surface area contributed by atoms with E-state index in [4.69, 9.17) is 9.47 Å². The number of rotatable bonds is 7. The SMILES string of the molecule is CCOc1cc(F)ccc1NC(C)C(=O)c1[nH]c(C)c(C(=O)OC)c1C. The van der Waals surface area contributed by atoms with Gasteiger partial charge < -0.3 is 19.8 Å². The first kappa shape index (κ1) is 19.5. The zero-order chi connectivity index (χ0) is 19.4. The molecule has 2 N–H and O–H groups in total. The zero-order valence-corrected chi connectivity index (χ0v) is 15.5. The van der Waals surface area contributed by atoms with Crippen LogP contribution in [0.1, 0.15) is 46.0 Å². The Balaban J connectivity index is 2.28. The molecule has 7 heteroatoms. The number of aromatic amines is 1. The third-order valence-corrected chi connectivity index (χ3v) is 4.08. The fourth-order valence-corrected chi connectivity index (χ4v) is 2.81. The van der Waals surface area contributed by atoms with Crippen molar-refractivity contribution in [3.63, 3.8) is 0 Å². The highest BCUT2D eigenvalue weighted by atomic mass is 19.1. The van der Waals surface area contributed by atoms with Crippen LogP contribution in [0.15, 0.2) is 18.2 Å². The van der Waals surface area contributed by atoms with Crippen molar-refractivity contribution in [1.82, 2.24) is 4.98 Å². The highest BCUT2D eigenvalue weighted by Crippen LogP contribution is 2.27. The average molecular weight is 362 g/mol. The van der Waals surface area contributed by atoms with E-state index < -0.39 is 17.8 Å². The van der Waals surface area contributed by atoms with E-state index in [1.165, 1.54) is 25.3 Å². The van der Waals surface area contributed by atoms with E-state index in [1.54, 1.807) is 27.7 Å². The molecule has 1 atom stereocenters. The maximum absolute atomic E-state index is 13.4. The van der Waals surface area contributed by atoms with Crippen LogP contribution in [-0.4, -0.2) is 36.5 Å². The van der Waals surface area contributed by atoms with Gasteiger partial charge in [0.2, 0.25) is 5.78 Å². The molecule has 0 aliphatic rings. The van der Waals surface area contributed by atoms with Crippen molar-refractivity contribution >= 4 is 17.4 Å². The molecule has 0 radical (unpaired) electrons. The number of aromatic nitrogens is 1. The number of H-pyrrole nitrogens is 1. The summed E-state index contributed by atoms with van der Waals surface area (Å²) in [7, 11) is 1.30. The van der Waals surface area contributed by atoms with Gasteiger partial charge in [0.1, 0.15) is 11.6 Å². The Kier molecular flexibility index (Phi) is 6.02. The molecule has 1 unspecified atom stereocenters. The van der Waals surface area contributed by atoms with Crippen molar-refractivity contribution in [2.45, 2.75) is 33.7 Å². The van der Waals surface area contributed by atoms with Gasteiger partial charge in [0, 0.05) is 11.8 Å². The van der Waals surface area contributed by atoms with Crippen LogP contribution in [0.3, 0.4) is 0 Å². The van der Waals surface area contributed by atoms with E-state index in [0.29, 0.717) is 40.6 Å². The number of nitrogens with one attached hydrogen (secondary N) is 2. The summed E-state index contributed by atoms with van der Waals surface area (Å²) in [5, 5.41) is 3.04. The second kappa shape index (κ2) is 8.03. The number of anilines is 1. The summed E-state index contributed by atoms with van der Waals surface area (Å²) in [5.41, 5.74) is 2.32. The molecule has 6 nitrogen and oxygen atoms in total. The van der Waals surface area contributed by atoms with Crippen molar-refractivity contribution in [3.8, 4) is 5.75 Å². The molecule has 1 heterocycles. The van der Waals surface area contributed by atoms with E-state index in [9.17, 15) is 14.0 Å². The van der Waals surface area contributed by atoms with Crippen LogP contribution in [0.4, 0.5) is 10.1 Å². The number of Topliss-reactive ketones (excluding diaryl/α,β-unsaturated/α-hetero) is 1. The van der Waals surface area contributed by atoms with Gasteiger partial charge in [-0.25, -0.2) is 9.18 Å². The number of halogens is 1. The number of aryl methyl sites for hydroxylation is 1. The molecule has 0 saturated carbocycles. The Hall–Kier alpha value is -2.83. The van der Waals surface area contributed by atoms with Crippen LogP contribution >= 0.6 is 0 Å². The summed E-state index contributed by atoms with van der Waals surface area (Å²) < 4.78 is 23.6. The van der Waals surface area contributed by atoms with Crippen LogP contribution in [0.2, 0.25) is 0 Å². The lowest BCUT2D eigenvalue weighted by Crippen LogP contribution is -2.27. The molecule has 0 aliphatic carbocycles. The van der Waals surface area contributed by atoms with E-state index in [2.05, 4.69) is 10.3 Å². The maximum Gasteiger partial charge on any atom is 0.339 e. The number of ether oxygens (including phenoxy) is 2. The molecule has 0 saturated heterocycles. The topological polar surface area (TPSA) is 80.4 Å². The monoisotopic (exact) mass is 362 g/mol. The molecule has 0 spiro atoms. The number of carbonyl (C=O) groups excluding carboxylic acids is 2. The molecule has 2 aromatic rings. The maximum atomic E-state index is 13.4. The molecule has 2 rings (SSSR count). The zero-order valence-electron chi connectivity index (χ0n) is 15.5. The number of hydrogen-bond acceptors (Lipinski definition) is 5. The fourth-order valence-electron chi connectivity index (χ4n) is 2.81. The first-order valence-corrected chi connectivity index (χ1v) is 8.30. The second-order valence-corrected chi connectivity index (χ2v) is 5.92. The lowest BCUT2D eigenvalue weighted by atomic mass is 10.0. The largest absolute Gasteiger partial charge is 0.492 e. The molecule has 0 fully saturated rings. The first-order valence-electron chi connectivity index (χ1n) is 8.30. The van der Waals surface area contributed by atoms with Crippen LogP contribution in [0.25, 0.3) is 0 Å². The molecule has 0 bridgehead atoms. The van der Waals surface area contributed by atoms with Crippen molar-refractivity contribution < 1.29 is 23.5 Å². The minimum Gasteiger partial charge on any atom is -0.492 e. The summed E-state index contributed by atoms with van der Waals surface area (Å²) in [6, 6.07) is 3.46. The van der Waals surface area contributed by atoms with Gasteiger partial charge in [0.25, 0.3) is 0 Å². The summed E-state index contributed by atoms with van der Waals surface area (Å²) in [6.07, 6.45) is 0. The quantitative estimate of drug-likeness (QED) is 0.581. The summed E-state index contributed by atoms with van der Waals surface area (Å²) in [5.74, 6) is -0.807. The van der Waals surface area contributed by atoms with Crippen molar-refractivity contribution in [2.75, 3.05) is 19.0 Å². The summed E-state index contributed by atoms with van der Waals surface area (Å²) in [4.78, 5) is 27.7. The van der Waals surface area contributed by atoms with Crippen molar-refractivity contribution in [2.24, 2.45) is 0 Å². The van der Waals surface area contributed by atoms with E-state index >= 15 is 0 Å². The number of carbonyl (C=O) groups is 2. The summed E-state index contributed by atoms with van der Waals surface area (Å²) >= 11 is 0. The normalized spacial score (nSPS) is 11.8. The minimum atomic E-state index is -0.623. The first-order chi connectivity index (χ1) is 12.3. The third kappa shape index (κ3) is 3.87. The lowest BCUT2D eigenvalue weighted by Gasteiger charge is -2.17. The van der Waals surface area contributed by atoms with Gasteiger partial charge in [-0.15, -0.1) is 0 Å². The predicted molar refractivity (Wildman–Crippen MR) is 96.6 cm³/mol. The third-order valence-electron chi connectivity index (χ3n) is 4.08. The van der Waals surface area contributed by atoms with Gasteiger partial charge in [0.15, 0.2) is 0 Å². The predicted octanol–water partition coefficient (Wildman–Crippen LogP) is 3.64. The molecular weight excluding hydrogens is 339 g/mol. The fraction of sp³-hybridized carbons (Fsp3) is 0.368. The number of hydrogen-bond donors (Lipinski definition) is 2. The number of esters is 1. The number of benzene rings is 1. The Labute approximate surface area is 151 Å². The van der Waals surface area contributed by atoms with E-state index in [-0.39, 0.29) is 5.78 Å². The minimum absolute atomic E-state index is 0.229. The Morgan fingerprint density at radius 2 is 2.00 bits per heavy atom. The van der Waals surface area contributed by atoms with Crippen molar-refractivity contribution in [1.29, 1.82) is 0 Å². The van der Waals surface area contributed by atoms with Crippen molar-refractivity contribution in [3.05, 3.63) is 46.5 Å². The van der Waals surface area contributed by atoms with Crippen LogP contribution in [0, 0.1) is 19.7 Å². The Morgan fingerprint density at radius 3 is 2.62 bits per heavy atom. The Bertz CT molecular complexity index is 829. The van der Waals surface area contributed by atoms with E-state index in [0.717, 1.165) is 0 Å². The average Bonchev–Trinajstić information content (AvgIpc) is 2.90. The number of ketones is 1. The molecule has 0 amide bonds. The van der Waals surface area contributed by atoms with E-state index in [1.807, 2.05) is 0 Å². The van der Waals surface area contributed by atoms with Crippen LogP contribution < -0.4 is 10.1 Å². The van der Waals surface area contributed by atoms with Gasteiger partial charge in [-0.2, -0.15) is 0 Å². The highest BCUT2D eigenvalue weighted by molar-refractivity contribution is 6.04. The standard InChI is InChI=1S/C19H23FN2O4/c1-6-26-15-9-13(20)7-8-14(15)21-12(4)18(23)17-10(2)16(11(3)22-17)19(24)25-5/h7-9,12,21-22H,6H2,1-5H3. The smallest absolute Gasteiger partial charge is 0.339 e. The second-order valence-electron chi connectivity index (χ2n) is 5.92.